The molecule has 2 heterocycles. The highest BCUT2D eigenvalue weighted by molar-refractivity contribution is 5.02. The number of aryl methyl sites for hydroxylation is 1. The van der Waals surface area contributed by atoms with Gasteiger partial charge in [0.1, 0.15) is 6.23 Å². The van der Waals surface area contributed by atoms with Gasteiger partial charge in [-0.3, -0.25) is 14.3 Å². The fourth-order valence-electron chi connectivity index (χ4n) is 1.80. The quantitative estimate of drug-likeness (QED) is 0.583. The van der Waals surface area contributed by atoms with Gasteiger partial charge >= 0.3 is 5.69 Å². The summed E-state index contributed by atoms with van der Waals surface area (Å²) in [6.07, 6.45) is -0.245. The third kappa shape index (κ3) is 2.17. The predicted octanol–water partition coefficient (Wildman–Crippen LogP) is -1.55. The summed E-state index contributed by atoms with van der Waals surface area (Å²) in [5.41, 5.74) is 3.51. The lowest BCUT2D eigenvalue weighted by Crippen LogP contribution is -2.33. The topological polar surface area (TPSA) is 110 Å². The summed E-state index contributed by atoms with van der Waals surface area (Å²) >= 11 is 0. The van der Waals surface area contributed by atoms with E-state index >= 15 is 0 Å². The number of aliphatic hydroxyl groups is 1. The van der Waals surface area contributed by atoms with Crippen LogP contribution in [0.5, 0.6) is 0 Å². The first kappa shape index (κ1) is 8.62. The monoisotopic (exact) mass is 244 g/mol. The lowest BCUT2D eigenvalue weighted by atomic mass is 10.1. The average molecular weight is 244 g/mol. The van der Waals surface area contributed by atoms with E-state index in [9.17, 15) is 9.59 Å². The number of aromatic nitrogens is 2. The Hall–Kier alpha value is -1.44. The Morgan fingerprint density at radius 1 is 1.76 bits per heavy atom. The molecule has 1 aromatic heterocycles. The lowest BCUT2D eigenvalue weighted by molar-refractivity contribution is -0.0271. The van der Waals surface area contributed by atoms with Gasteiger partial charge in [-0.25, -0.2) is 4.79 Å². The van der Waals surface area contributed by atoms with Crippen LogP contribution < -0.4 is 17.0 Å². The van der Waals surface area contributed by atoms with Gasteiger partial charge in [-0.05, 0) is 6.85 Å². The first-order valence-electron chi connectivity index (χ1n) is 6.62. The van der Waals surface area contributed by atoms with E-state index in [0.717, 1.165) is 10.8 Å². The van der Waals surface area contributed by atoms with Gasteiger partial charge in [0.2, 0.25) is 0 Å². The van der Waals surface area contributed by atoms with Gasteiger partial charge in [-0.2, -0.15) is 0 Å². The third-order valence-corrected chi connectivity index (χ3v) is 2.74. The molecule has 0 spiro atoms. The highest BCUT2D eigenvalue weighted by atomic mass is 16.5. The molecule has 0 bridgehead atoms. The second kappa shape index (κ2) is 4.44. The Labute approximate surface area is 101 Å². The normalized spacial score (nSPS) is 31.9. The van der Waals surface area contributed by atoms with Crippen molar-refractivity contribution >= 4 is 0 Å². The first-order valence-corrected chi connectivity index (χ1v) is 5.12. The smallest absolute Gasteiger partial charge is 0.330 e. The molecule has 17 heavy (non-hydrogen) atoms. The fourth-order valence-corrected chi connectivity index (χ4v) is 1.80. The molecule has 1 saturated heterocycles. The Kier molecular flexibility index (Phi) is 2.25. The van der Waals surface area contributed by atoms with Crippen molar-refractivity contribution in [2.24, 2.45) is 5.73 Å². The van der Waals surface area contributed by atoms with Crippen LogP contribution in [-0.4, -0.2) is 33.4 Å². The minimum atomic E-state index is -2.64. The maximum absolute atomic E-state index is 11.7. The van der Waals surface area contributed by atoms with Crippen molar-refractivity contribution in [3.8, 4) is 0 Å². The van der Waals surface area contributed by atoms with Crippen LogP contribution in [0, 0.1) is 6.85 Å². The zero-order chi connectivity index (χ0) is 15.1. The fraction of sp³-hybridized carbons (Fsp3) is 0.600. The highest BCUT2D eigenvalue weighted by Crippen LogP contribution is 2.25. The molecule has 0 radical (unpaired) electrons. The predicted molar refractivity (Wildman–Crippen MR) is 59.6 cm³/mol. The summed E-state index contributed by atoms with van der Waals surface area (Å²) in [6, 6.07) is -0.472. The Balaban J connectivity index is 2.43. The summed E-state index contributed by atoms with van der Waals surface area (Å²) in [5, 5.41) is 9.06. The summed E-state index contributed by atoms with van der Waals surface area (Å²) in [4.78, 5) is 25.2. The van der Waals surface area contributed by atoms with Crippen molar-refractivity contribution in [2.45, 2.75) is 31.6 Å². The summed E-state index contributed by atoms with van der Waals surface area (Å²) < 4.78 is 28.1. The van der Waals surface area contributed by atoms with Gasteiger partial charge < -0.3 is 15.6 Å². The van der Waals surface area contributed by atoms with Crippen LogP contribution in [-0.2, 0) is 4.74 Å². The zero-order valence-corrected chi connectivity index (χ0v) is 8.92. The number of nitrogens with two attached hydrogens (primary N) is 1. The molecular weight excluding hydrogens is 226 g/mol. The number of rotatable bonds is 2. The van der Waals surface area contributed by atoms with Crippen LogP contribution in [0.25, 0.3) is 0 Å². The molecule has 0 saturated carbocycles. The number of nitrogens with zero attached hydrogens (tertiary/aromatic N) is 1. The molecule has 3 atom stereocenters. The van der Waals surface area contributed by atoms with Gasteiger partial charge in [-0.1, -0.05) is 0 Å². The number of hydrogen-bond donors (Lipinski definition) is 3. The first-order chi connectivity index (χ1) is 9.24. The van der Waals surface area contributed by atoms with E-state index in [2.05, 4.69) is 0 Å². The molecule has 4 N–H and O–H groups in total. The van der Waals surface area contributed by atoms with Gasteiger partial charge in [-0.15, -0.1) is 0 Å². The minimum absolute atomic E-state index is 0.234. The van der Waals surface area contributed by atoms with Crippen molar-refractivity contribution in [3.05, 3.63) is 32.6 Å². The largest absolute Gasteiger partial charge is 0.394 e. The standard InChI is InChI=1S/C10H15N3O4/c1-5-3-13(10(16)12-9(5)15)8-2-6(11)7(4-14)17-8/h3,6-8,14H,2,4,11H2,1H3,(H,12,15,16)/t6-,7-,8-/m1/s1/i1D3. The second-order valence-corrected chi connectivity index (χ2v) is 3.92. The molecule has 0 aromatic carbocycles. The van der Waals surface area contributed by atoms with Crippen LogP contribution >= 0.6 is 0 Å². The maximum Gasteiger partial charge on any atom is 0.330 e. The molecule has 1 aliphatic heterocycles. The van der Waals surface area contributed by atoms with Gasteiger partial charge in [0, 0.05) is 28.3 Å². The molecule has 1 fully saturated rings. The summed E-state index contributed by atoms with van der Waals surface area (Å²) in [7, 11) is 0. The van der Waals surface area contributed by atoms with Crippen LogP contribution in [0.1, 0.15) is 22.3 Å². The maximum atomic E-state index is 11.7. The number of H-pyrrole nitrogens is 1. The molecule has 0 unspecified atom stereocenters. The van der Waals surface area contributed by atoms with Crippen LogP contribution in [0.3, 0.4) is 0 Å². The molecular formula is C10H15N3O4. The van der Waals surface area contributed by atoms with Gasteiger partial charge in [0.25, 0.3) is 5.56 Å². The van der Waals surface area contributed by atoms with Crippen LogP contribution in [0.15, 0.2) is 15.8 Å². The second-order valence-electron chi connectivity index (χ2n) is 3.92. The Morgan fingerprint density at radius 2 is 2.53 bits per heavy atom. The number of aliphatic hydroxyl groups excluding tert-OH is 1. The molecule has 7 heteroatoms. The van der Waals surface area contributed by atoms with Crippen molar-refractivity contribution in [2.75, 3.05) is 6.61 Å². The Morgan fingerprint density at radius 3 is 3.12 bits per heavy atom. The summed E-state index contributed by atoms with van der Waals surface area (Å²) in [6.45, 7) is -2.94. The third-order valence-electron chi connectivity index (χ3n) is 2.74. The van der Waals surface area contributed by atoms with Crippen LogP contribution in [0.4, 0.5) is 0 Å². The molecule has 1 aliphatic rings. The van der Waals surface area contributed by atoms with Crippen molar-refractivity contribution in [3.63, 3.8) is 0 Å². The summed E-state index contributed by atoms with van der Waals surface area (Å²) in [5.74, 6) is 0. The molecule has 2 rings (SSSR count). The molecule has 1 aromatic rings. The number of hydrogen-bond acceptors (Lipinski definition) is 5. The highest BCUT2D eigenvalue weighted by Gasteiger charge is 2.33. The van der Waals surface area contributed by atoms with Crippen molar-refractivity contribution < 1.29 is 14.0 Å². The van der Waals surface area contributed by atoms with E-state index in [1.165, 1.54) is 0 Å². The van der Waals surface area contributed by atoms with Crippen molar-refractivity contribution in [1.29, 1.82) is 0 Å². The van der Waals surface area contributed by atoms with E-state index in [-0.39, 0.29) is 13.0 Å². The minimum Gasteiger partial charge on any atom is -0.394 e. The number of nitrogens with one attached hydrogen (secondary N) is 1. The zero-order valence-electron chi connectivity index (χ0n) is 11.9. The number of aromatic amines is 1. The lowest BCUT2D eigenvalue weighted by Gasteiger charge is -2.14. The molecule has 0 aliphatic carbocycles. The van der Waals surface area contributed by atoms with Gasteiger partial charge in [0.15, 0.2) is 0 Å². The van der Waals surface area contributed by atoms with E-state index in [1.54, 1.807) is 0 Å². The van der Waals surface area contributed by atoms with Crippen LogP contribution in [0.2, 0.25) is 0 Å². The molecule has 94 valence electrons. The average Bonchev–Trinajstić information content (AvgIpc) is 2.68. The Bertz CT molecular complexity index is 609. The molecule has 0 amide bonds. The van der Waals surface area contributed by atoms with Gasteiger partial charge in [0.05, 0.1) is 12.7 Å². The molecule has 7 nitrogen and oxygen atoms in total. The van der Waals surface area contributed by atoms with E-state index in [1.807, 2.05) is 4.98 Å². The van der Waals surface area contributed by atoms with E-state index < -0.39 is 42.0 Å². The van der Waals surface area contributed by atoms with E-state index in [4.69, 9.17) is 19.7 Å². The SMILES string of the molecule is [2H]C([2H])([2H])c1cn([C@H]2C[C@@H](N)[C@@H](CO)O2)c(=O)[nH]c1=O. The number of ether oxygens (including phenoxy) is 1. The van der Waals surface area contributed by atoms with E-state index in [0.29, 0.717) is 0 Å². The van der Waals surface area contributed by atoms with Crippen molar-refractivity contribution in [1.82, 2.24) is 9.55 Å².